The van der Waals surface area contributed by atoms with Crippen molar-refractivity contribution in [3.05, 3.63) is 34.4 Å². The van der Waals surface area contributed by atoms with Crippen LogP contribution >= 0.6 is 0 Å². The van der Waals surface area contributed by atoms with Gasteiger partial charge in [-0.2, -0.15) is 0 Å². The van der Waals surface area contributed by atoms with E-state index in [4.69, 9.17) is 9.47 Å². The van der Waals surface area contributed by atoms with Gasteiger partial charge in [0.05, 0.1) is 12.0 Å². The first-order chi connectivity index (χ1) is 14.5. The lowest BCUT2D eigenvalue weighted by atomic mass is 9.52. The van der Waals surface area contributed by atoms with Gasteiger partial charge in [-0.15, -0.1) is 0 Å². The summed E-state index contributed by atoms with van der Waals surface area (Å²) in [6.07, 6.45) is 1.20. The predicted molar refractivity (Wildman–Crippen MR) is 126 cm³/mol. The molecule has 4 heteroatoms. The first kappa shape index (κ1) is 23.3. The zero-order chi connectivity index (χ0) is 24.1. The zero-order valence-electron chi connectivity index (χ0n) is 21.6. The number of carbonyl (C=O) groups excluding carboxylic acids is 2. The van der Waals surface area contributed by atoms with Crippen LogP contribution in [0, 0.1) is 36.5 Å². The van der Waals surface area contributed by atoms with Crippen LogP contribution in [-0.4, -0.2) is 24.1 Å². The van der Waals surface area contributed by atoms with Gasteiger partial charge in [-0.3, -0.25) is 4.79 Å². The van der Waals surface area contributed by atoms with E-state index in [1.165, 1.54) is 22.3 Å². The summed E-state index contributed by atoms with van der Waals surface area (Å²) in [6, 6.07) is 4.68. The quantitative estimate of drug-likeness (QED) is 0.558. The van der Waals surface area contributed by atoms with Crippen LogP contribution in [0.5, 0.6) is 0 Å². The molecule has 2 aliphatic carbocycles. The van der Waals surface area contributed by atoms with Crippen molar-refractivity contribution in [2.75, 3.05) is 6.61 Å². The number of esters is 2. The normalized spacial score (nSPS) is 35.9. The molecule has 1 aromatic rings. The summed E-state index contributed by atoms with van der Waals surface area (Å²) in [5.74, 6) is -0.174. The highest BCUT2D eigenvalue weighted by molar-refractivity contribution is 5.93. The lowest BCUT2D eigenvalue weighted by molar-refractivity contribution is -0.185. The van der Waals surface area contributed by atoms with Gasteiger partial charge >= 0.3 is 11.9 Å². The van der Waals surface area contributed by atoms with E-state index in [2.05, 4.69) is 60.6 Å². The number of carbonyl (C=O) groups is 2. The fourth-order valence-corrected chi connectivity index (χ4v) is 6.79. The third kappa shape index (κ3) is 2.61. The van der Waals surface area contributed by atoms with Crippen molar-refractivity contribution in [3.63, 3.8) is 0 Å². The monoisotopic (exact) mass is 440 g/mol. The highest BCUT2D eigenvalue weighted by Gasteiger charge is 2.76. The van der Waals surface area contributed by atoms with Crippen molar-refractivity contribution in [3.8, 4) is 0 Å². The van der Waals surface area contributed by atoms with Crippen molar-refractivity contribution in [2.24, 2.45) is 22.7 Å². The van der Waals surface area contributed by atoms with Crippen molar-refractivity contribution >= 4 is 11.9 Å². The van der Waals surface area contributed by atoms with Crippen molar-refractivity contribution in [2.45, 2.75) is 98.5 Å². The maximum atomic E-state index is 13.5. The minimum absolute atomic E-state index is 0.0380. The Labute approximate surface area is 193 Å². The van der Waals surface area contributed by atoms with Crippen molar-refractivity contribution in [1.29, 1.82) is 0 Å². The summed E-state index contributed by atoms with van der Waals surface area (Å²) in [5, 5.41) is 0. The molecule has 1 saturated heterocycles. The minimum Gasteiger partial charge on any atom is -0.462 e. The predicted octanol–water partition coefficient (Wildman–Crippen LogP) is 5.79. The Kier molecular flexibility index (Phi) is 4.82. The molecule has 0 aromatic heterocycles. The van der Waals surface area contributed by atoms with E-state index < -0.39 is 16.4 Å². The van der Waals surface area contributed by atoms with Crippen LogP contribution < -0.4 is 0 Å². The number of aryl methyl sites for hydroxylation is 2. The molecule has 0 radical (unpaired) electrons. The Balaban J connectivity index is 1.65. The molecule has 4 rings (SSSR count). The second-order valence-electron chi connectivity index (χ2n) is 12.6. The lowest BCUT2D eigenvalue weighted by Gasteiger charge is -2.52. The van der Waals surface area contributed by atoms with E-state index in [0.717, 1.165) is 0 Å². The maximum Gasteiger partial charge on any atom is 0.351 e. The number of rotatable bonds is 3. The van der Waals surface area contributed by atoms with E-state index in [1.807, 2.05) is 20.8 Å². The van der Waals surface area contributed by atoms with Crippen LogP contribution in [0.3, 0.4) is 0 Å². The molecule has 2 bridgehead atoms. The van der Waals surface area contributed by atoms with Crippen molar-refractivity contribution < 1.29 is 19.1 Å². The molecule has 0 unspecified atom stereocenters. The maximum absolute atomic E-state index is 13.5. The van der Waals surface area contributed by atoms with E-state index in [9.17, 15) is 9.59 Å². The molecule has 1 aromatic carbocycles. The van der Waals surface area contributed by atoms with Crippen LogP contribution in [0.15, 0.2) is 12.1 Å². The smallest absolute Gasteiger partial charge is 0.351 e. The summed E-state index contributed by atoms with van der Waals surface area (Å²) in [6.45, 7) is 22.0. The first-order valence-corrected chi connectivity index (χ1v) is 12.1. The molecule has 4 nitrogen and oxygen atoms in total. The Hall–Kier alpha value is -1.84. The standard InChI is InChI=1S/C28H40O4/c1-16-13-19-20(14-17(16)2)25(6,7)21(18(3)24(19,4)5)15-31-23(30)28-12-11-27(10,22(29)32-28)26(28,8)9/h13-14,18,21H,11-12,15H2,1-10H3/t18-,21-,27-,28+/m0/s1. The fraction of sp³-hybridized carbons (Fsp3) is 0.714. The SMILES string of the molecule is Cc1cc2c(cc1C)C(C)(C)[C@@H](COC(=O)[C@@]13CC[C@@](C)(C(=O)O1)C3(C)C)[C@H](C)C2(C)C. The van der Waals surface area contributed by atoms with Gasteiger partial charge in [-0.1, -0.05) is 60.6 Å². The molecule has 1 saturated carbocycles. The van der Waals surface area contributed by atoms with Gasteiger partial charge in [0.25, 0.3) is 0 Å². The molecule has 32 heavy (non-hydrogen) atoms. The molecular formula is C28H40O4. The first-order valence-electron chi connectivity index (χ1n) is 12.1. The van der Waals surface area contributed by atoms with Gasteiger partial charge in [-0.25, -0.2) is 4.79 Å². The highest BCUT2D eigenvalue weighted by Crippen LogP contribution is 2.66. The van der Waals surface area contributed by atoms with E-state index >= 15 is 0 Å². The molecule has 3 aliphatic rings. The van der Waals surface area contributed by atoms with E-state index in [1.54, 1.807) is 0 Å². The van der Waals surface area contributed by atoms with Gasteiger partial charge in [0.2, 0.25) is 5.60 Å². The third-order valence-electron chi connectivity index (χ3n) is 10.5. The summed E-state index contributed by atoms with van der Waals surface area (Å²) >= 11 is 0. The number of ether oxygens (including phenoxy) is 2. The Bertz CT molecular complexity index is 1000. The van der Waals surface area contributed by atoms with E-state index in [0.29, 0.717) is 25.4 Å². The average molecular weight is 441 g/mol. The number of fused-ring (bicyclic) bond motifs is 3. The van der Waals surface area contributed by atoms with Crippen LogP contribution in [0.25, 0.3) is 0 Å². The number of hydrogen-bond acceptors (Lipinski definition) is 4. The van der Waals surface area contributed by atoms with Gasteiger partial charge in [0.15, 0.2) is 0 Å². The molecule has 0 amide bonds. The molecule has 2 fully saturated rings. The molecule has 1 aliphatic heterocycles. The molecular weight excluding hydrogens is 400 g/mol. The summed E-state index contributed by atoms with van der Waals surface area (Å²) in [7, 11) is 0. The van der Waals surface area contributed by atoms with E-state index in [-0.39, 0.29) is 28.7 Å². The number of benzene rings is 1. The Morgan fingerprint density at radius 3 is 1.97 bits per heavy atom. The van der Waals surface area contributed by atoms with Gasteiger partial charge in [0, 0.05) is 11.3 Å². The topological polar surface area (TPSA) is 52.6 Å². The van der Waals surface area contributed by atoms with Gasteiger partial charge < -0.3 is 9.47 Å². The van der Waals surface area contributed by atoms with Crippen molar-refractivity contribution in [1.82, 2.24) is 0 Å². The molecule has 176 valence electrons. The van der Waals surface area contributed by atoms with Crippen LogP contribution in [-0.2, 0) is 29.9 Å². The minimum atomic E-state index is -1.16. The lowest BCUT2D eigenvalue weighted by Crippen LogP contribution is -2.52. The zero-order valence-corrected chi connectivity index (χ0v) is 21.6. The fourth-order valence-electron chi connectivity index (χ4n) is 6.79. The Morgan fingerprint density at radius 1 is 0.969 bits per heavy atom. The second-order valence-corrected chi connectivity index (χ2v) is 12.6. The summed E-state index contributed by atoms with van der Waals surface area (Å²) < 4.78 is 11.8. The summed E-state index contributed by atoms with van der Waals surface area (Å²) in [5.41, 5.74) is 2.81. The largest absolute Gasteiger partial charge is 0.462 e. The second kappa shape index (κ2) is 6.61. The third-order valence-corrected chi connectivity index (χ3v) is 10.5. The average Bonchev–Trinajstić information content (AvgIpc) is 2.98. The van der Waals surface area contributed by atoms with Crippen LogP contribution in [0.4, 0.5) is 0 Å². The van der Waals surface area contributed by atoms with Gasteiger partial charge in [-0.05, 0) is 72.6 Å². The molecule has 4 atom stereocenters. The summed E-state index contributed by atoms with van der Waals surface area (Å²) in [4.78, 5) is 26.1. The number of hydrogen-bond donors (Lipinski definition) is 0. The molecule has 1 heterocycles. The molecule has 0 spiro atoms. The Morgan fingerprint density at radius 2 is 1.50 bits per heavy atom. The van der Waals surface area contributed by atoms with Crippen LogP contribution in [0.2, 0.25) is 0 Å². The van der Waals surface area contributed by atoms with Crippen LogP contribution in [0.1, 0.15) is 90.5 Å². The van der Waals surface area contributed by atoms with Gasteiger partial charge in [0.1, 0.15) is 0 Å². The molecule has 0 N–H and O–H groups in total. The highest BCUT2D eigenvalue weighted by atomic mass is 16.6.